The van der Waals surface area contributed by atoms with Gasteiger partial charge in [0, 0.05) is 37.8 Å². The van der Waals surface area contributed by atoms with E-state index in [9.17, 15) is 4.39 Å². The second-order valence-corrected chi connectivity index (χ2v) is 4.21. The molecule has 4 heteroatoms. The predicted molar refractivity (Wildman–Crippen MR) is 66.8 cm³/mol. The summed E-state index contributed by atoms with van der Waals surface area (Å²) in [5, 5.41) is 4.26. The Kier molecular flexibility index (Phi) is 2.65. The summed E-state index contributed by atoms with van der Waals surface area (Å²) in [6, 6.07) is 7.15. The van der Waals surface area contributed by atoms with E-state index in [1.54, 1.807) is 12.3 Å². The summed E-state index contributed by atoms with van der Waals surface area (Å²) < 4.78 is 14.0. The van der Waals surface area contributed by atoms with Gasteiger partial charge in [0.05, 0.1) is 11.2 Å². The van der Waals surface area contributed by atoms with E-state index in [2.05, 4.69) is 15.2 Å². The first-order chi connectivity index (χ1) is 8.36. The molecule has 1 saturated heterocycles. The maximum atomic E-state index is 14.0. The average Bonchev–Trinajstić information content (AvgIpc) is 2.39. The molecule has 2 aromatic rings. The Bertz CT molecular complexity index is 535. The predicted octanol–water partition coefficient (Wildman–Crippen LogP) is 1.78. The van der Waals surface area contributed by atoms with Gasteiger partial charge in [0.15, 0.2) is 0 Å². The highest BCUT2D eigenvalue weighted by molar-refractivity contribution is 5.91. The summed E-state index contributed by atoms with van der Waals surface area (Å²) in [7, 11) is 0. The third-order valence-corrected chi connectivity index (χ3v) is 3.13. The van der Waals surface area contributed by atoms with Crippen molar-refractivity contribution in [1.29, 1.82) is 0 Å². The second kappa shape index (κ2) is 4.30. The highest BCUT2D eigenvalue weighted by Crippen LogP contribution is 2.28. The van der Waals surface area contributed by atoms with Gasteiger partial charge in [0.1, 0.15) is 5.82 Å². The zero-order valence-electron chi connectivity index (χ0n) is 9.49. The van der Waals surface area contributed by atoms with Gasteiger partial charge in [-0.15, -0.1) is 0 Å². The molecular weight excluding hydrogens is 217 g/mol. The first kappa shape index (κ1) is 10.5. The Labute approximate surface area is 99.3 Å². The van der Waals surface area contributed by atoms with Crippen molar-refractivity contribution in [3.05, 3.63) is 36.3 Å². The summed E-state index contributed by atoms with van der Waals surface area (Å²) >= 11 is 0. The maximum Gasteiger partial charge on any atom is 0.148 e. The fraction of sp³-hybridized carbons (Fsp3) is 0.308. The molecule has 1 aromatic heterocycles. The number of aromatic nitrogens is 1. The van der Waals surface area contributed by atoms with E-state index in [1.165, 1.54) is 6.07 Å². The van der Waals surface area contributed by atoms with Crippen LogP contribution >= 0.6 is 0 Å². The molecule has 2 heterocycles. The molecule has 0 unspecified atom stereocenters. The average molecular weight is 231 g/mol. The lowest BCUT2D eigenvalue weighted by Crippen LogP contribution is -2.44. The topological polar surface area (TPSA) is 28.2 Å². The largest absolute Gasteiger partial charge is 0.365 e. The van der Waals surface area contributed by atoms with Crippen LogP contribution in [0.4, 0.5) is 10.1 Å². The molecule has 0 aliphatic carbocycles. The van der Waals surface area contributed by atoms with E-state index in [4.69, 9.17) is 0 Å². The Hall–Kier alpha value is -1.68. The maximum absolute atomic E-state index is 14.0. The molecule has 1 aromatic carbocycles. The molecule has 0 spiro atoms. The van der Waals surface area contributed by atoms with Crippen LogP contribution in [0.25, 0.3) is 10.9 Å². The van der Waals surface area contributed by atoms with Gasteiger partial charge < -0.3 is 10.2 Å². The van der Waals surface area contributed by atoms with Crippen molar-refractivity contribution in [3.8, 4) is 0 Å². The molecule has 88 valence electrons. The lowest BCUT2D eigenvalue weighted by Gasteiger charge is -2.30. The van der Waals surface area contributed by atoms with Gasteiger partial charge in [-0.05, 0) is 18.2 Å². The molecule has 3 rings (SSSR count). The number of halogens is 1. The third kappa shape index (κ3) is 1.85. The Morgan fingerprint density at radius 3 is 2.82 bits per heavy atom. The standard InChI is InChI=1S/C13H14FN3/c14-11-4-3-10-2-1-5-16-12(10)13(11)17-8-6-15-7-9-17/h1-5,15H,6-9H2. The number of pyridine rings is 1. The van der Waals surface area contributed by atoms with E-state index in [0.717, 1.165) is 37.1 Å². The fourth-order valence-electron chi connectivity index (χ4n) is 2.29. The normalized spacial score (nSPS) is 16.4. The number of hydrogen-bond donors (Lipinski definition) is 1. The van der Waals surface area contributed by atoms with Crippen molar-refractivity contribution < 1.29 is 4.39 Å². The smallest absolute Gasteiger partial charge is 0.148 e. The fourth-order valence-corrected chi connectivity index (χ4v) is 2.29. The van der Waals surface area contributed by atoms with Crippen LogP contribution in [0.5, 0.6) is 0 Å². The summed E-state index contributed by atoms with van der Waals surface area (Å²) in [4.78, 5) is 6.39. The van der Waals surface area contributed by atoms with Crippen LogP contribution in [0, 0.1) is 5.82 Å². The molecule has 1 aliphatic heterocycles. The number of hydrogen-bond acceptors (Lipinski definition) is 3. The summed E-state index contributed by atoms with van der Waals surface area (Å²) in [5.41, 5.74) is 1.40. The molecule has 0 atom stereocenters. The van der Waals surface area contributed by atoms with E-state index in [0.29, 0.717) is 5.69 Å². The molecule has 3 nitrogen and oxygen atoms in total. The van der Waals surface area contributed by atoms with Crippen LogP contribution in [0.1, 0.15) is 0 Å². The summed E-state index contributed by atoms with van der Waals surface area (Å²) in [6.07, 6.45) is 1.72. The van der Waals surface area contributed by atoms with Gasteiger partial charge in [0.25, 0.3) is 0 Å². The highest BCUT2D eigenvalue weighted by Gasteiger charge is 2.17. The number of benzene rings is 1. The van der Waals surface area contributed by atoms with Gasteiger partial charge in [0.2, 0.25) is 0 Å². The molecule has 1 N–H and O–H groups in total. The number of rotatable bonds is 1. The molecule has 0 bridgehead atoms. The van der Waals surface area contributed by atoms with Crippen LogP contribution in [0.15, 0.2) is 30.5 Å². The van der Waals surface area contributed by atoms with E-state index in [-0.39, 0.29) is 5.82 Å². The minimum Gasteiger partial charge on any atom is -0.365 e. The highest BCUT2D eigenvalue weighted by atomic mass is 19.1. The van der Waals surface area contributed by atoms with Crippen molar-refractivity contribution in [1.82, 2.24) is 10.3 Å². The monoisotopic (exact) mass is 231 g/mol. The van der Waals surface area contributed by atoms with E-state index >= 15 is 0 Å². The number of nitrogens with one attached hydrogen (secondary N) is 1. The molecule has 0 radical (unpaired) electrons. The van der Waals surface area contributed by atoms with Gasteiger partial charge in [-0.2, -0.15) is 0 Å². The minimum absolute atomic E-state index is 0.182. The van der Waals surface area contributed by atoms with E-state index in [1.807, 2.05) is 12.1 Å². The Morgan fingerprint density at radius 1 is 1.18 bits per heavy atom. The van der Waals surface area contributed by atoms with Gasteiger partial charge >= 0.3 is 0 Å². The molecule has 0 saturated carbocycles. The quantitative estimate of drug-likeness (QED) is 0.811. The van der Waals surface area contributed by atoms with Crippen molar-refractivity contribution in [3.63, 3.8) is 0 Å². The van der Waals surface area contributed by atoms with Gasteiger partial charge in [-0.1, -0.05) is 6.07 Å². The number of piperazine rings is 1. The lowest BCUT2D eigenvalue weighted by molar-refractivity contribution is 0.568. The van der Waals surface area contributed by atoms with Crippen molar-refractivity contribution in [2.24, 2.45) is 0 Å². The van der Waals surface area contributed by atoms with Crippen molar-refractivity contribution in [2.75, 3.05) is 31.1 Å². The molecular formula is C13H14FN3. The molecule has 0 amide bonds. The number of fused-ring (bicyclic) bond motifs is 1. The second-order valence-electron chi connectivity index (χ2n) is 4.21. The van der Waals surface area contributed by atoms with Crippen LogP contribution in [-0.4, -0.2) is 31.2 Å². The molecule has 1 aliphatic rings. The van der Waals surface area contributed by atoms with Crippen molar-refractivity contribution in [2.45, 2.75) is 0 Å². The molecule has 17 heavy (non-hydrogen) atoms. The lowest BCUT2D eigenvalue weighted by atomic mass is 10.1. The van der Waals surface area contributed by atoms with E-state index < -0.39 is 0 Å². The molecule has 1 fully saturated rings. The minimum atomic E-state index is -0.182. The number of nitrogens with zero attached hydrogens (tertiary/aromatic N) is 2. The number of anilines is 1. The zero-order chi connectivity index (χ0) is 11.7. The Morgan fingerprint density at radius 2 is 2.00 bits per heavy atom. The van der Waals surface area contributed by atoms with Crippen LogP contribution < -0.4 is 10.2 Å². The van der Waals surface area contributed by atoms with Crippen LogP contribution in [0.2, 0.25) is 0 Å². The van der Waals surface area contributed by atoms with Crippen LogP contribution in [-0.2, 0) is 0 Å². The first-order valence-corrected chi connectivity index (χ1v) is 5.85. The van der Waals surface area contributed by atoms with Gasteiger partial charge in [-0.25, -0.2) is 4.39 Å². The summed E-state index contributed by atoms with van der Waals surface area (Å²) in [5.74, 6) is -0.182. The van der Waals surface area contributed by atoms with Gasteiger partial charge in [-0.3, -0.25) is 4.98 Å². The van der Waals surface area contributed by atoms with Crippen molar-refractivity contribution >= 4 is 16.6 Å². The Balaban J connectivity index is 2.15. The zero-order valence-corrected chi connectivity index (χ0v) is 9.49. The summed E-state index contributed by atoms with van der Waals surface area (Å²) in [6.45, 7) is 3.44. The first-order valence-electron chi connectivity index (χ1n) is 5.85. The third-order valence-electron chi connectivity index (χ3n) is 3.13. The SMILES string of the molecule is Fc1ccc2cccnc2c1N1CCNCC1. The van der Waals surface area contributed by atoms with Crippen LogP contribution in [0.3, 0.4) is 0 Å².